The second kappa shape index (κ2) is 10.3. The van der Waals surface area contributed by atoms with Crippen molar-refractivity contribution >= 4 is 17.6 Å². The molecule has 0 N–H and O–H groups in total. The average Bonchev–Trinajstić information content (AvgIpc) is 3.24. The van der Waals surface area contributed by atoms with Crippen LogP contribution in [0.15, 0.2) is 76.2 Å². The molecule has 1 atom stereocenters. The molecule has 3 aromatic rings. The highest BCUT2D eigenvalue weighted by molar-refractivity contribution is 7.07. The molecule has 2 aromatic carbocycles. The first-order valence-corrected chi connectivity index (χ1v) is 11.3. The molecule has 0 amide bonds. The van der Waals surface area contributed by atoms with Crippen LogP contribution in [0.4, 0.5) is 0 Å². The Morgan fingerprint density at radius 1 is 1.10 bits per heavy atom. The third kappa shape index (κ3) is 5.14. The molecule has 1 aromatic heterocycles. The lowest BCUT2D eigenvalue weighted by atomic mass is 9.96. The lowest BCUT2D eigenvalue weighted by molar-refractivity contribution is 0.404. The van der Waals surface area contributed by atoms with Gasteiger partial charge in [-0.1, -0.05) is 42.5 Å². The van der Waals surface area contributed by atoms with Crippen LogP contribution >= 0.6 is 11.3 Å². The lowest BCUT2D eigenvalue weighted by Crippen LogP contribution is -2.14. The van der Waals surface area contributed by atoms with E-state index in [1.54, 1.807) is 25.6 Å². The highest BCUT2D eigenvalue weighted by Gasteiger charge is 2.15. The predicted octanol–water partition coefficient (Wildman–Crippen LogP) is 5.52. The molecule has 0 spiro atoms. The van der Waals surface area contributed by atoms with Crippen molar-refractivity contribution in [3.63, 3.8) is 0 Å². The third-order valence-corrected chi connectivity index (χ3v) is 6.16. The largest absolute Gasteiger partial charge is 0.497 e. The number of rotatable bonds is 7. The molecule has 1 heterocycles. The van der Waals surface area contributed by atoms with Crippen LogP contribution in [-0.2, 0) is 6.54 Å². The number of ether oxygens (including phenoxy) is 2. The summed E-state index contributed by atoms with van der Waals surface area (Å²) in [7, 11) is 3.35. The Balaban J connectivity index is 1.77. The summed E-state index contributed by atoms with van der Waals surface area (Å²) in [5.41, 5.74) is 3.04. The molecule has 6 heteroatoms. The Hall–Kier alpha value is -3.12. The Morgan fingerprint density at radius 2 is 1.97 bits per heavy atom. The first-order chi connectivity index (χ1) is 15.3. The second-order valence-corrected chi connectivity index (χ2v) is 8.23. The summed E-state index contributed by atoms with van der Waals surface area (Å²) < 4.78 is 13.0. The number of methoxy groups -OCH3 is 2. The third-order valence-electron chi connectivity index (χ3n) is 5.31. The zero-order valence-corrected chi connectivity index (χ0v) is 18.7. The highest BCUT2D eigenvalue weighted by atomic mass is 32.1. The van der Waals surface area contributed by atoms with Crippen molar-refractivity contribution in [1.82, 2.24) is 4.68 Å². The summed E-state index contributed by atoms with van der Waals surface area (Å²) in [6.07, 6.45) is 9.81. The molecule has 0 saturated carbocycles. The maximum Gasteiger partial charge on any atom is 0.206 e. The van der Waals surface area contributed by atoms with Crippen LogP contribution in [0.1, 0.15) is 24.8 Å². The fourth-order valence-electron chi connectivity index (χ4n) is 3.57. The van der Waals surface area contributed by atoms with Crippen molar-refractivity contribution < 1.29 is 9.47 Å². The van der Waals surface area contributed by atoms with Gasteiger partial charge in [-0.3, -0.25) is 4.99 Å². The van der Waals surface area contributed by atoms with E-state index in [-0.39, 0.29) is 0 Å². The Labute approximate surface area is 187 Å². The normalized spacial score (nSPS) is 16.7. The number of hydrogen-bond donors (Lipinski definition) is 0. The van der Waals surface area contributed by atoms with E-state index in [1.165, 1.54) is 5.56 Å². The molecule has 0 saturated heterocycles. The summed E-state index contributed by atoms with van der Waals surface area (Å²) in [6, 6.07) is 16.1. The molecule has 31 heavy (non-hydrogen) atoms. The first-order valence-electron chi connectivity index (χ1n) is 10.5. The van der Waals surface area contributed by atoms with Gasteiger partial charge in [0.15, 0.2) is 0 Å². The molecule has 1 aliphatic rings. The van der Waals surface area contributed by atoms with E-state index < -0.39 is 0 Å². The summed E-state index contributed by atoms with van der Waals surface area (Å²) in [5.74, 6) is 2.00. The van der Waals surface area contributed by atoms with Gasteiger partial charge in [-0.05, 0) is 48.9 Å². The minimum Gasteiger partial charge on any atom is -0.497 e. The summed E-state index contributed by atoms with van der Waals surface area (Å²) in [5, 5.41) is 6.97. The summed E-state index contributed by atoms with van der Waals surface area (Å²) in [6.45, 7) is 0.609. The number of aromatic nitrogens is 1. The maximum absolute atomic E-state index is 5.63. The van der Waals surface area contributed by atoms with Crippen molar-refractivity contribution in [2.24, 2.45) is 16.0 Å². The van der Waals surface area contributed by atoms with Gasteiger partial charge in [0.05, 0.1) is 26.5 Å². The van der Waals surface area contributed by atoms with Crippen molar-refractivity contribution in [2.75, 3.05) is 14.2 Å². The van der Waals surface area contributed by atoms with Crippen molar-refractivity contribution in [3.8, 4) is 22.8 Å². The van der Waals surface area contributed by atoms with Gasteiger partial charge in [0.2, 0.25) is 4.80 Å². The van der Waals surface area contributed by atoms with E-state index in [9.17, 15) is 0 Å². The summed E-state index contributed by atoms with van der Waals surface area (Å²) in [4.78, 5) is 5.72. The van der Waals surface area contributed by atoms with Gasteiger partial charge >= 0.3 is 0 Å². The molecular formula is C25H27N3O2S. The van der Waals surface area contributed by atoms with Gasteiger partial charge in [0.1, 0.15) is 11.5 Å². The molecule has 0 fully saturated rings. The maximum atomic E-state index is 5.63. The molecule has 1 unspecified atom stereocenters. The second-order valence-electron chi connectivity index (χ2n) is 7.39. The molecule has 0 radical (unpaired) electrons. The number of thiazole rings is 1. The standard InChI is InChI=1S/C25H27N3O2S/c1-29-21-13-14-24(30-2)22(15-21)23-18-31-25(26-16-19-9-5-3-6-10-19)28(23)27-17-20-11-7-4-8-12-20/h3-7,9-10,13-15,17-18,20H,8,11-12,16H2,1-2H3. The molecule has 1 aliphatic carbocycles. The fourth-order valence-corrected chi connectivity index (χ4v) is 4.40. The topological polar surface area (TPSA) is 48.1 Å². The number of allylic oxidation sites excluding steroid dienone is 2. The van der Waals surface area contributed by atoms with Crippen LogP contribution < -0.4 is 14.3 Å². The number of benzene rings is 2. The van der Waals surface area contributed by atoms with Crippen LogP contribution in [0.5, 0.6) is 11.5 Å². The van der Waals surface area contributed by atoms with E-state index >= 15 is 0 Å². The van der Waals surface area contributed by atoms with Crippen LogP contribution in [0.25, 0.3) is 11.3 Å². The lowest BCUT2D eigenvalue weighted by Gasteiger charge is -2.13. The molecule has 5 nitrogen and oxygen atoms in total. The van der Waals surface area contributed by atoms with E-state index in [0.29, 0.717) is 12.5 Å². The minimum atomic E-state index is 0.444. The predicted molar refractivity (Wildman–Crippen MR) is 127 cm³/mol. The van der Waals surface area contributed by atoms with Gasteiger partial charge < -0.3 is 9.47 Å². The Bertz CT molecular complexity index is 1130. The van der Waals surface area contributed by atoms with Gasteiger partial charge in [-0.2, -0.15) is 5.10 Å². The SMILES string of the molecule is COc1ccc(OC)c(-c2csc(=NCc3ccccc3)n2N=CC2CC=CCC2)c1. The van der Waals surface area contributed by atoms with Crippen molar-refractivity contribution in [3.05, 3.63) is 76.4 Å². The fraction of sp³-hybridized carbons (Fsp3) is 0.280. The van der Waals surface area contributed by atoms with Crippen molar-refractivity contribution in [2.45, 2.75) is 25.8 Å². The molecule has 160 valence electrons. The van der Waals surface area contributed by atoms with Gasteiger partial charge in [-0.25, -0.2) is 4.68 Å². The van der Waals surface area contributed by atoms with E-state index in [1.807, 2.05) is 41.1 Å². The van der Waals surface area contributed by atoms with Crippen molar-refractivity contribution in [1.29, 1.82) is 0 Å². The number of hydrogen-bond acceptors (Lipinski definition) is 5. The average molecular weight is 434 g/mol. The number of nitrogens with zero attached hydrogens (tertiary/aromatic N) is 3. The molecular weight excluding hydrogens is 406 g/mol. The van der Waals surface area contributed by atoms with Crippen LogP contribution in [0.2, 0.25) is 0 Å². The van der Waals surface area contributed by atoms with E-state index in [2.05, 4.69) is 35.9 Å². The summed E-state index contributed by atoms with van der Waals surface area (Å²) >= 11 is 1.58. The zero-order chi connectivity index (χ0) is 21.5. The smallest absolute Gasteiger partial charge is 0.206 e. The molecule has 4 rings (SSSR count). The van der Waals surface area contributed by atoms with Gasteiger partial charge in [-0.15, -0.1) is 11.3 Å². The zero-order valence-electron chi connectivity index (χ0n) is 17.9. The highest BCUT2D eigenvalue weighted by Crippen LogP contribution is 2.33. The Morgan fingerprint density at radius 3 is 2.71 bits per heavy atom. The first kappa shape index (κ1) is 21.1. The van der Waals surface area contributed by atoms with E-state index in [4.69, 9.17) is 19.6 Å². The van der Waals surface area contributed by atoms with Gasteiger partial charge in [0, 0.05) is 17.2 Å². The van der Waals surface area contributed by atoms with Crippen LogP contribution in [0, 0.1) is 5.92 Å². The molecule has 0 aliphatic heterocycles. The monoisotopic (exact) mass is 433 g/mol. The quantitative estimate of drug-likeness (QED) is 0.364. The van der Waals surface area contributed by atoms with E-state index in [0.717, 1.165) is 46.8 Å². The minimum absolute atomic E-state index is 0.444. The molecule has 0 bridgehead atoms. The Kier molecular flexibility index (Phi) is 6.99. The van der Waals surface area contributed by atoms with Crippen LogP contribution in [-0.4, -0.2) is 25.1 Å². The van der Waals surface area contributed by atoms with Crippen LogP contribution in [0.3, 0.4) is 0 Å². The van der Waals surface area contributed by atoms with Gasteiger partial charge in [0.25, 0.3) is 0 Å².